The van der Waals surface area contributed by atoms with Gasteiger partial charge in [-0.3, -0.25) is 9.59 Å². The predicted molar refractivity (Wildman–Crippen MR) is 78.2 cm³/mol. The molecule has 6 nitrogen and oxygen atoms in total. The maximum absolute atomic E-state index is 12.2. The van der Waals surface area contributed by atoms with Crippen LogP contribution in [0.15, 0.2) is 28.7 Å². The van der Waals surface area contributed by atoms with Gasteiger partial charge in [0.1, 0.15) is 5.75 Å². The summed E-state index contributed by atoms with van der Waals surface area (Å²) in [5, 5.41) is 8.87. The number of carboxylic acids is 1. The molecule has 0 aromatic heterocycles. The van der Waals surface area contributed by atoms with Crippen molar-refractivity contribution in [2.75, 3.05) is 26.4 Å². The number of carboxylic acid groups (broad SMARTS) is 1. The van der Waals surface area contributed by atoms with Crippen LogP contribution in [0.25, 0.3) is 0 Å². The first-order valence-electron chi connectivity index (χ1n) is 6.53. The lowest BCUT2D eigenvalue weighted by Crippen LogP contribution is -2.51. The smallest absolute Gasteiger partial charge is 0.305 e. The standard InChI is InChI=1S/C14H16BrNO5/c15-10-2-1-3-12(6-10)21-9-13(17)16-4-5-20-8-11(16)7-14(18)19/h1-3,6,11H,4-5,7-9H2,(H,18,19). The molecule has 0 aliphatic carbocycles. The summed E-state index contributed by atoms with van der Waals surface area (Å²) in [6.45, 7) is 0.929. The fraction of sp³-hybridized carbons (Fsp3) is 0.429. The van der Waals surface area contributed by atoms with E-state index in [2.05, 4.69) is 15.9 Å². The fourth-order valence-electron chi connectivity index (χ4n) is 2.14. The molecule has 0 radical (unpaired) electrons. The molecule has 2 rings (SSSR count). The van der Waals surface area contributed by atoms with Gasteiger partial charge in [0.25, 0.3) is 5.91 Å². The van der Waals surface area contributed by atoms with Crippen LogP contribution >= 0.6 is 15.9 Å². The van der Waals surface area contributed by atoms with Gasteiger partial charge >= 0.3 is 5.97 Å². The molecule has 114 valence electrons. The lowest BCUT2D eigenvalue weighted by Gasteiger charge is -2.34. The fourth-order valence-corrected chi connectivity index (χ4v) is 2.52. The van der Waals surface area contributed by atoms with E-state index < -0.39 is 12.0 Å². The van der Waals surface area contributed by atoms with E-state index in [1.807, 2.05) is 12.1 Å². The molecule has 1 saturated heterocycles. The first kappa shape index (κ1) is 15.8. The summed E-state index contributed by atoms with van der Waals surface area (Å²) in [5.74, 6) is -0.596. The number of nitrogens with zero attached hydrogens (tertiary/aromatic N) is 1. The van der Waals surface area contributed by atoms with Crippen LogP contribution in [0, 0.1) is 0 Å². The van der Waals surface area contributed by atoms with Crippen LogP contribution in [0.2, 0.25) is 0 Å². The number of aliphatic carboxylic acids is 1. The van der Waals surface area contributed by atoms with Crippen LogP contribution in [0.1, 0.15) is 6.42 Å². The van der Waals surface area contributed by atoms with Crippen molar-refractivity contribution in [1.29, 1.82) is 0 Å². The van der Waals surface area contributed by atoms with Crippen molar-refractivity contribution >= 4 is 27.8 Å². The van der Waals surface area contributed by atoms with E-state index in [1.54, 1.807) is 12.1 Å². The van der Waals surface area contributed by atoms with Crippen molar-refractivity contribution in [2.24, 2.45) is 0 Å². The maximum Gasteiger partial charge on any atom is 0.305 e. The Morgan fingerprint density at radius 1 is 1.48 bits per heavy atom. The third-order valence-electron chi connectivity index (χ3n) is 3.12. The van der Waals surface area contributed by atoms with E-state index in [0.29, 0.717) is 18.9 Å². The van der Waals surface area contributed by atoms with Crippen LogP contribution in [0.4, 0.5) is 0 Å². The topological polar surface area (TPSA) is 76.1 Å². The molecule has 7 heteroatoms. The SMILES string of the molecule is O=C(O)CC1COCCN1C(=O)COc1cccc(Br)c1. The molecule has 1 fully saturated rings. The van der Waals surface area contributed by atoms with Gasteiger partial charge in [0.15, 0.2) is 6.61 Å². The Morgan fingerprint density at radius 3 is 3.00 bits per heavy atom. The van der Waals surface area contributed by atoms with E-state index in [1.165, 1.54) is 4.90 Å². The van der Waals surface area contributed by atoms with Gasteiger partial charge in [0.05, 0.1) is 25.7 Å². The normalized spacial score (nSPS) is 18.3. The highest BCUT2D eigenvalue weighted by Gasteiger charge is 2.29. The highest BCUT2D eigenvalue weighted by molar-refractivity contribution is 9.10. The zero-order valence-electron chi connectivity index (χ0n) is 11.3. The van der Waals surface area contributed by atoms with Crippen LogP contribution < -0.4 is 4.74 Å². The molecule has 0 saturated carbocycles. The molecule has 1 amide bonds. The number of hydrogen-bond donors (Lipinski definition) is 1. The maximum atomic E-state index is 12.2. The second-order valence-electron chi connectivity index (χ2n) is 4.66. The molecule has 1 aliphatic heterocycles. The van der Waals surface area contributed by atoms with Crippen molar-refractivity contribution in [3.8, 4) is 5.75 Å². The van der Waals surface area contributed by atoms with E-state index in [9.17, 15) is 9.59 Å². The number of morpholine rings is 1. The highest BCUT2D eigenvalue weighted by Crippen LogP contribution is 2.18. The number of halogens is 1. The van der Waals surface area contributed by atoms with Gasteiger partial charge in [-0.15, -0.1) is 0 Å². The van der Waals surface area contributed by atoms with Crippen molar-refractivity contribution in [2.45, 2.75) is 12.5 Å². The molecule has 0 spiro atoms. The van der Waals surface area contributed by atoms with Gasteiger partial charge in [0.2, 0.25) is 0 Å². The highest BCUT2D eigenvalue weighted by atomic mass is 79.9. The summed E-state index contributed by atoms with van der Waals surface area (Å²) in [6, 6.07) is 6.76. The number of carbonyl (C=O) groups excluding carboxylic acids is 1. The zero-order valence-corrected chi connectivity index (χ0v) is 12.9. The van der Waals surface area contributed by atoms with Gasteiger partial charge in [0, 0.05) is 11.0 Å². The Hall–Kier alpha value is -1.60. The average Bonchev–Trinajstić information content (AvgIpc) is 2.45. The monoisotopic (exact) mass is 357 g/mol. The summed E-state index contributed by atoms with van der Waals surface area (Å²) in [6.07, 6.45) is -0.122. The minimum atomic E-state index is -0.948. The number of carbonyl (C=O) groups is 2. The lowest BCUT2D eigenvalue weighted by atomic mass is 10.1. The number of ether oxygens (including phenoxy) is 2. The first-order valence-corrected chi connectivity index (χ1v) is 7.33. The molecule has 21 heavy (non-hydrogen) atoms. The summed E-state index contributed by atoms with van der Waals surface area (Å²) < 4.78 is 11.5. The molecule has 1 unspecified atom stereocenters. The van der Waals surface area contributed by atoms with E-state index in [4.69, 9.17) is 14.6 Å². The Morgan fingerprint density at radius 2 is 2.29 bits per heavy atom. The molecule has 1 aromatic carbocycles. The van der Waals surface area contributed by atoms with Crippen LogP contribution in [-0.4, -0.2) is 54.3 Å². The van der Waals surface area contributed by atoms with Crippen molar-refractivity contribution < 1.29 is 24.2 Å². The number of benzene rings is 1. The molecule has 1 atom stereocenters. The molecule has 1 heterocycles. The zero-order chi connectivity index (χ0) is 15.2. The lowest BCUT2D eigenvalue weighted by molar-refractivity contribution is -0.147. The number of hydrogen-bond acceptors (Lipinski definition) is 4. The van der Waals surface area contributed by atoms with Crippen molar-refractivity contribution in [3.05, 3.63) is 28.7 Å². The van der Waals surface area contributed by atoms with Gasteiger partial charge in [-0.2, -0.15) is 0 Å². The number of amides is 1. The Bertz CT molecular complexity index is 522. The average molecular weight is 358 g/mol. The van der Waals surface area contributed by atoms with Gasteiger partial charge in [-0.25, -0.2) is 0 Å². The van der Waals surface area contributed by atoms with E-state index in [-0.39, 0.29) is 25.5 Å². The minimum absolute atomic E-state index is 0.118. The van der Waals surface area contributed by atoms with Crippen LogP contribution in [0.5, 0.6) is 5.75 Å². The molecule has 1 aliphatic rings. The first-order chi connectivity index (χ1) is 10.1. The summed E-state index contributed by atoms with van der Waals surface area (Å²) >= 11 is 3.33. The Labute approximate surface area is 130 Å². The number of rotatable bonds is 5. The van der Waals surface area contributed by atoms with Crippen molar-refractivity contribution in [3.63, 3.8) is 0 Å². The third kappa shape index (κ3) is 4.71. The largest absolute Gasteiger partial charge is 0.484 e. The second kappa shape index (κ2) is 7.42. The second-order valence-corrected chi connectivity index (χ2v) is 5.58. The summed E-state index contributed by atoms with van der Waals surface area (Å²) in [5.41, 5.74) is 0. The molecule has 1 N–H and O–H groups in total. The molecule has 1 aromatic rings. The van der Waals surface area contributed by atoms with Gasteiger partial charge < -0.3 is 19.5 Å². The van der Waals surface area contributed by atoms with E-state index >= 15 is 0 Å². The minimum Gasteiger partial charge on any atom is -0.484 e. The van der Waals surface area contributed by atoms with Crippen LogP contribution in [-0.2, 0) is 14.3 Å². The Kier molecular flexibility index (Phi) is 5.58. The third-order valence-corrected chi connectivity index (χ3v) is 3.61. The molecular weight excluding hydrogens is 342 g/mol. The van der Waals surface area contributed by atoms with Gasteiger partial charge in [-0.1, -0.05) is 22.0 Å². The predicted octanol–water partition coefficient (Wildman–Crippen LogP) is 1.53. The van der Waals surface area contributed by atoms with E-state index in [0.717, 1.165) is 4.47 Å². The van der Waals surface area contributed by atoms with Crippen LogP contribution in [0.3, 0.4) is 0 Å². The van der Waals surface area contributed by atoms with Gasteiger partial charge in [-0.05, 0) is 18.2 Å². The summed E-state index contributed by atoms with van der Waals surface area (Å²) in [7, 11) is 0. The Balaban J connectivity index is 1.92. The van der Waals surface area contributed by atoms with Crippen molar-refractivity contribution in [1.82, 2.24) is 4.90 Å². The molecular formula is C14H16BrNO5. The summed E-state index contributed by atoms with van der Waals surface area (Å²) in [4.78, 5) is 24.5. The quantitative estimate of drug-likeness (QED) is 0.864. The molecule has 0 bridgehead atoms.